The predicted molar refractivity (Wildman–Crippen MR) is 147 cm³/mol. The summed E-state index contributed by atoms with van der Waals surface area (Å²) in [5.74, 6) is 0.397. The predicted octanol–water partition coefficient (Wildman–Crippen LogP) is 8.50. The molecule has 0 radical (unpaired) electrons. The number of rotatable bonds is 2. The van der Waals surface area contributed by atoms with E-state index in [1.807, 2.05) is 11.8 Å². The van der Waals surface area contributed by atoms with Crippen molar-refractivity contribution in [2.24, 2.45) is 0 Å². The van der Waals surface area contributed by atoms with Crippen molar-refractivity contribution in [2.75, 3.05) is 4.90 Å². The van der Waals surface area contributed by atoms with Crippen LogP contribution in [0.5, 0.6) is 0 Å². The van der Waals surface area contributed by atoms with E-state index >= 15 is 0 Å². The highest BCUT2D eigenvalue weighted by Gasteiger charge is 2.45. The van der Waals surface area contributed by atoms with E-state index in [4.69, 9.17) is 0 Å². The van der Waals surface area contributed by atoms with Gasteiger partial charge in [0.2, 0.25) is 0 Å². The third-order valence-corrected chi connectivity index (χ3v) is 8.87. The Morgan fingerprint density at radius 3 is 2.17 bits per heavy atom. The average molecular weight is 467 g/mol. The summed E-state index contributed by atoms with van der Waals surface area (Å²) >= 11 is 2.00. The lowest BCUT2D eigenvalue weighted by Crippen LogP contribution is -2.24. The molecule has 1 aromatic heterocycles. The van der Waals surface area contributed by atoms with E-state index in [9.17, 15) is 0 Å². The molecule has 0 fully saturated rings. The summed E-state index contributed by atoms with van der Waals surface area (Å²) < 4.78 is 2.38. The van der Waals surface area contributed by atoms with E-state index in [2.05, 4.69) is 131 Å². The van der Waals surface area contributed by atoms with Gasteiger partial charge in [-0.3, -0.25) is 0 Å². The van der Waals surface area contributed by atoms with Gasteiger partial charge in [-0.25, -0.2) is 0 Å². The van der Waals surface area contributed by atoms with Crippen LogP contribution in [0.4, 0.5) is 11.4 Å². The molecule has 6 aromatic rings. The zero-order valence-corrected chi connectivity index (χ0v) is 19.8. The van der Waals surface area contributed by atoms with Crippen molar-refractivity contribution in [1.82, 2.24) is 4.57 Å². The smallest absolute Gasteiger partial charge is 0.0955 e. The molecule has 2 nitrogen and oxygen atoms in total. The number of hydrogen-bond acceptors (Lipinski definition) is 2. The molecular weight excluding hydrogens is 444 g/mol. The third kappa shape index (κ3) is 2.67. The first-order valence-electron chi connectivity index (χ1n) is 12.1. The lowest BCUT2D eigenvalue weighted by atomic mass is 9.93. The lowest BCUT2D eigenvalue weighted by molar-refractivity contribution is 0.818. The van der Waals surface area contributed by atoms with Gasteiger partial charge in [0, 0.05) is 38.6 Å². The Bertz CT molecular complexity index is 1750. The molecule has 8 rings (SSSR count). The van der Waals surface area contributed by atoms with Crippen LogP contribution in [0.25, 0.3) is 27.5 Å². The first-order valence-corrected chi connectivity index (χ1v) is 13.0. The fourth-order valence-electron chi connectivity index (χ4n) is 6.08. The minimum atomic E-state index is 0.338. The first-order chi connectivity index (χ1) is 17.4. The highest BCUT2D eigenvalue weighted by atomic mass is 32.2. The number of aromatic nitrogens is 1. The van der Waals surface area contributed by atoms with Gasteiger partial charge in [-0.15, -0.1) is 0 Å². The van der Waals surface area contributed by atoms with E-state index in [0.29, 0.717) is 11.3 Å². The zero-order chi connectivity index (χ0) is 22.9. The van der Waals surface area contributed by atoms with Crippen LogP contribution in [0.15, 0.2) is 126 Å². The topological polar surface area (TPSA) is 8.17 Å². The maximum Gasteiger partial charge on any atom is 0.0955 e. The molecular formula is C32H22N2S. The van der Waals surface area contributed by atoms with Crippen molar-refractivity contribution in [3.63, 3.8) is 0 Å². The second-order valence-electron chi connectivity index (χ2n) is 9.34. The van der Waals surface area contributed by atoms with Crippen LogP contribution in [-0.2, 0) is 0 Å². The highest BCUT2D eigenvalue weighted by molar-refractivity contribution is 8.00. The quantitative estimate of drug-likeness (QED) is 0.253. The molecule has 5 aromatic carbocycles. The van der Waals surface area contributed by atoms with Crippen molar-refractivity contribution < 1.29 is 0 Å². The maximum atomic E-state index is 2.57. The van der Waals surface area contributed by atoms with Gasteiger partial charge in [0.15, 0.2) is 0 Å². The second-order valence-corrected chi connectivity index (χ2v) is 10.5. The number of benzene rings is 5. The number of para-hydroxylation sites is 3. The standard InChI is InChI=1S/C32H22N2S/c1-2-10-21(11-3-1)33-27-15-7-4-12-23(27)26-20-22(18-19-29(26)33)34-28-16-8-5-13-24(28)31-25-14-6-9-17-30(25)35-32(31)34/h1-20,31-32H. The minimum absolute atomic E-state index is 0.338. The van der Waals surface area contributed by atoms with Crippen LogP contribution in [-0.4, -0.2) is 9.94 Å². The van der Waals surface area contributed by atoms with Gasteiger partial charge in [-0.05, 0) is 59.7 Å². The molecule has 0 amide bonds. The van der Waals surface area contributed by atoms with E-state index in [0.717, 1.165) is 0 Å². The van der Waals surface area contributed by atoms with Gasteiger partial charge in [0.25, 0.3) is 0 Å². The Morgan fingerprint density at radius 2 is 1.26 bits per heavy atom. The van der Waals surface area contributed by atoms with Gasteiger partial charge in [-0.1, -0.05) is 84.6 Å². The molecule has 166 valence electrons. The first kappa shape index (κ1) is 19.4. The van der Waals surface area contributed by atoms with Crippen molar-refractivity contribution in [3.05, 3.63) is 132 Å². The van der Waals surface area contributed by atoms with Crippen molar-refractivity contribution >= 4 is 44.9 Å². The molecule has 0 saturated carbocycles. The number of thioether (sulfide) groups is 1. The normalized spacial score (nSPS) is 18.1. The number of anilines is 2. The summed E-state index contributed by atoms with van der Waals surface area (Å²) in [6.07, 6.45) is 0. The Hall–Kier alpha value is -3.95. The second kappa shape index (κ2) is 7.27. The van der Waals surface area contributed by atoms with Crippen LogP contribution in [0.2, 0.25) is 0 Å². The largest absolute Gasteiger partial charge is 0.327 e. The van der Waals surface area contributed by atoms with Crippen LogP contribution < -0.4 is 4.90 Å². The zero-order valence-electron chi connectivity index (χ0n) is 19.0. The van der Waals surface area contributed by atoms with Crippen molar-refractivity contribution in [3.8, 4) is 5.69 Å². The van der Waals surface area contributed by atoms with Crippen LogP contribution in [0, 0.1) is 0 Å². The van der Waals surface area contributed by atoms with E-state index in [1.165, 1.54) is 54.9 Å². The number of hydrogen-bond donors (Lipinski definition) is 0. The van der Waals surface area contributed by atoms with Crippen LogP contribution >= 0.6 is 11.8 Å². The SMILES string of the molecule is c1ccc(-n2c3ccccc3c3cc(N4c5ccccc5C5c6ccccc6SC54)ccc32)cc1. The summed E-state index contributed by atoms with van der Waals surface area (Å²) in [6, 6.07) is 44.3. The molecule has 0 saturated heterocycles. The highest BCUT2D eigenvalue weighted by Crippen LogP contribution is 2.59. The summed E-state index contributed by atoms with van der Waals surface area (Å²) in [6.45, 7) is 0. The Balaban J connectivity index is 1.36. The van der Waals surface area contributed by atoms with Crippen molar-refractivity contribution in [1.29, 1.82) is 0 Å². The van der Waals surface area contributed by atoms with E-state index in [1.54, 1.807) is 0 Å². The van der Waals surface area contributed by atoms with Crippen LogP contribution in [0.3, 0.4) is 0 Å². The fraction of sp³-hybridized carbons (Fsp3) is 0.0625. The number of nitrogens with zero attached hydrogens (tertiary/aromatic N) is 2. The van der Waals surface area contributed by atoms with Gasteiger partial charge in [-0.2, -0.15) is 0 Å². The maximum absolute atomic E-state index is 2.57. The van der Waals surface area contributed by atoms with Gasteiger partial charge in [0.05, 0.1) is 16.4 Å². The Labute approximate surface area is 208 Å². The lowest BCUT2D eigenvalue weighted by Gasteiger charge is -2.26. The monoisotopic (exact) mass is 466 g/mol. The average Bonchev–Trinajstić information content (AvgIpc) is 3.55. The van der Waals surface area contributed by atoms with Crippen LogP contribution in [0.1, 0.15) is 17.0 Å². The molecule has 2 aliphatic heterocycles. The summed E-state index contributed by atoms with van der Waals surface area (Å²) in [7, 11) is 0. The Kier molecular flexibility index (Phi) is 4.02. The van der Waals surface area contributed by atoms with Crippen molar-refractivity contribution in [2.45, 2.75) is 16.2 Å². The molecule has 0 N–H and O–H groups in total. The molecule has 35 heavy (non-hydrogen) atoms. The summed E-state index contributed by atoms with van der Waals surface area (Å²) in [4.78, 5) is 3.97. The molecule has 0 spiro atoms. The third-order valence-electron chi connectivity index (χ3n) is 7.52. The fourth-order valence-corrected chi connectivity index (χ4v) is 7.60. The minimum Gasteiger partial charge on any atom is -0.327 e. The molecule has 2 atom stereocenters. The van der Waals surface area contributed by atoms with Gasteiger partial charge < -0.3 is 9.47 Å². The molecule has 3 heterocycles. The molecule has 2 aliphatic rings. The van der Waals surface area contributed by atoms with Gasteiger partial charge in [0.1, 0.15) is 0 Å². The Morgan fingerprint density at radius 1 is 0.543 bits per heavy atom. The molecule has 0 aliphatic carbocycles. The summed E-state index contributed by atoms with van der Waals surface area (Å²) in [5, 5.41) is 2.92. The van der Waals surface area contributed by atoms with E-state index in [-0.39, 0.29) is 0 Å². The molecule has 0 bridgehead atoms. The number of fused-ring (bicyclic) bond motifs is 8. The molecule has 2 unspecified atom stereocenters. The molecule has 3 heteroatoms. The van der Waals surface area contributed by atoms with E-state index < -0.39 is 0 Å². The van der Waals surface area contributed by atoms with Gasteiger partial charge >= 0.3 is 0 Å². The summed E-state index contributed by atoms with van der Waals surface area (Å²) in [5.41, 5.74) is 9.16.